The van der Waals surface area contributed by atoms with E-state index in [2.05, 4.69) is 63.7 Å². The van der Waals surface area contributed by atoms with E-state index in [1.165, 1.54) is 22.3 Å². The average molecular weight is 605 g/mol. The number of benzene rings is 4. The van der Waals surface area contributed by atoms with Crippen LogP contribution in [0.4, 0.5) is 5.69 Å². The molecule has 9 heteroatoms. The highest BCUT2D eigenvalue weighted by Crippen LogP contribution is 2.46. The zero-order valence-electron chi connectivity index (χ0n) is 23.8. The zero-order valence-corrected chi connectivity index (χ0v) is 24.5. The van der Waals surface area contributed by atoms with Crippen LogP contribution in [0.25, 0.3) is 22.5 Å². The number of fused-ring (bicyclic) bond motifs is 3. The smallest absolute Gasteiger partial charge is 0.314 e. The lowest BCUT2D eigenvalue weighted by Crippen LogP contribution is -2.52. The first-order valence-corrected chi connectivity index (χ1v) is 14.9. The van der Waals surface area contributed by atoms with E-state index >= 15 is 0 Å². The van der Waals surface area contributed by atoms with Crippen LogP contribution < -0.4 is 10.1 Å². The Labute approximate surface area is 259 Å². The number of oxazole rings is 1. The minimum atomic E-state index is -0.703. The molecule has 2 amide bonds. The van der Waals surface area contributed by atoms with Crippen LogP contribution in [0.15, 0.2) is 108 Å². The van der Waals surface area contributed by atoms with E-state index in [-0.39, 0.29) is 12.6 Å². The van der Waals surface area contributed by atoms with Gasteiger partial charge in [-0.15, -0.1) is 0 Å². The van der Waals surface area contributed by atoms with Gasteiger partial charge in [-0.1, -0.05) is 84.4 Å². The van der Waals surface area contributed by atoms with Gasteiger partial charge in [0.25, 0.3) is 0 Å². The van der Waals surface area contributed by atoms with E-state index in [0.29, 0.717) is 54.3 Å². The summed E-state index contributed by atoms with van der Waals surface area (Å²) in [5.41, 5.74) is 6.29. The van der Waals surface area contributed by atoms with Gasteiger partial charge < -0.3 is 19.4 Å². The number of nitrogens with zero attached hydrogens (tertiary/aromatic N) is 3. The highest BCUT2D eigenvalue weighted by molar-refractivity contribution is 6.39. The van der Waals surface area contributed by atoms with Crippen molar-refractivity contribution in [2.24, 2.45) is 0 Å². The van der Waals surface area contributed by atoms with Crippen LogP contribution in [-0.2, 0) is 16.2 Å². The molecule has 2 aliphatic rings. The molecular weight excluding hydrogens is 576 g/mol. The number of aromatic nitrogens is 1. The maximum Gasteiger partial charge on any atom is 0.314 e. The number of halogens is 1. The average Bonchev–Trinajstić information content (AvgIpc) is 3.67. The number of carbonyl (C=O) groups excluding carboxylic acids is 2. The Morgan fingerprint density at radius 3 is 2.27 bits per heavy atom. The molecule has 0 radical (unpaired) electrons. The van der Waals surface area contributed by atoms with Crippen LogP contribution in [0.1, 0.15) is 23.1 Å². The Hall–Kier alpha value is -4.92. The highest BCUT2D eigenvalue weighted by Gasteiger charge is 2.35. The van der Waals surface area contributed by atoms with Gasteiger partial charge in [-0.2, -0.15) is 0 Å². The number of ether oxygens (including phenoxy) is 1. The third-order valence-corrected chi connectivity index (χ3v) is 8.35. The Balaban J connectivity index is 0.971. The van der Waals surface area contributed by atoms with Crippen molar-refractivity contribution in [3.63, 3.8) is 0 Å². The van der Waals surface area contributed by atoms with Crippen LogP contribution in [0.2, 0.25) is 5.02 Å². The lowest BCUT2D eigenvalue weighted by atomic mass is 10.0. The highest BCUT2D eigenvalue weighted by atomic mass is 35.5. The molecule has 0 saturated carbocycles. The molecule has 0 spiro atoms. The quantitative estimate of drug-likeness (QED) is 0.225. The summed E-state index contributed by atoms with van der Waals surface area (Å²) in [5, 5.41) is 3.34. The first-order valence-electron chi connectivity index (χ1n) is 14.5. The van der Waals surface area contributed by atoms with Crippen molar-refractivity contribution in [1.82, 2.24) is 14.8 Å². The molecule has 220 valence electrons. The largest absolute Gasteiger partial charge is 0.482 e. The van der Waals surface area contributed by atoms with Crippen molar-refractivity contribution in [3.05, 3.63) is 125 Å². The summed E-state index contributed by atoms with van der Waals surface area (Å²) in [5.74, 6) is 0.0674. The number of para-hydroxylation sites is 2. The molecule has 7 rings (SSSR count). The van der Waals surface area contributed by atoms with Crippen molar-refractivity contribution in [1.29, 1.82) is 0 Å². The van der Waals surface area contributed by atoms with Crippen molar-refractivity contribution < 1.29 is 18.7 Å². The molecule has 1 saturated heterocycles. The molecule has 4 aromatic carbocycles. The zero-order chi connectivity index (χ0) is 30.0. The molecule has 44 heavy (non-hydrogen) atoms. The van der Waals surface area contributed by atoms with Gasteiger partial charge in [0.15, 0.2) is 12.4 Å². The fraction of sp³-hybridized carbons (Fsp3) is 0.171. The van der Waals surface area contributed by atoms with Gasteiger partial charge >= 0.3 is 11.8 Å². The topological polar surface area (TPSA) is 87.9 Å². The SMILES string of the molecule is O=C(Nc1ccccc1OCc1ncc(-c2cccc(Cl)c2)o1)C(=O)N1CCN(C2c3ccccc3-c3ccccc32)CC1. The van der Waals surface area contributed by atoms with Crippen molar-refractivity contribution in [2.75, 3.05) is 31.5 Å². The molecule has 1 aliphatic heterocycles. The van der Waals surface area contributed by atoms with E-state index in [9.17, 15) is 9.59 Å². The molecule has 0 atom stereocenters. The molecule has 0 bridgehead atoms. The van der Waals surface area contributed by atoms with Gasteiger partial charge in [0.2, 0.25) is 5.89 Å². The summed E-state index contributed by atoms with van der Waals surface area (Å²) in [6.45, 7) is 2.30. The lowest BCUT2D eigenvalue weighted by Gasteiger charge is -2.38. The molecule has 1 aromatic heterocycles. The van der Waals surface area contributed by atoms with E-state index in [4.69, 9.17) is 20.8 Å². The number of piperazine rings is 1. The normalized spacial score (nSPS) is 14.6. The van der Waals surface area contributed by atoms with E-state index in [1.807, 2.05) is 12.1 Å². The molecule has 1 aliphatic carbocycles. The minimum Gasteiger partial charge on any atom is -0.482 e. The number of hydrogen-bond donors (Lipinski definition) is 1. The van der Waals surface area contributed by atoms with Gasteiger partial charge in [0, 0.05) is 36.8 Å². The lowest BCUT2D eigenvalue weighted by molar-refractivity contribution is -0.144. The molecule has 0 unspecified atom stereocenters. The third-order valence-electron chi connectivity index (χ3n) is 8.11. The first kappa shape index (κ1) is 27.9. The van der Waals surface area contributed by atoms with Gasteiger partial charge in [0.1, 0.15) is 5.75 Å². The maximum atomic E-state index is 13.2. The Bertz CT molecular complexity index is 1800. The van der Waals surface area contributed by atoms with Gasteiger partial charge in [0.05, 0.1) is 17.9 Å². The summed E-state index contributed by atoms with van der Waals surface area (Å²) >= 11 is 6.09. The molecule has 1 fully saturated rings. The van der Waals surface area contributed by atoms with Crippen molar-refractivity contribution in [3.8, 4) is 28.2 Å². The van der Waals surface area contributed by atoms with Crippen LogP contribution in [-0.4, -0.2) is 52.8 Å². The number of amides is 2. The molecule has 8 nitrogen and oxygen atoms in total. The van der Waals surface area contributed by atoms with Crippen LogP contribution >= 0.6 is 11.6 Å². The van der Waals surface area contributed by atoms with Gasteiger partial charge in [-0.25, -0.2) is 4.98 Å². The Kier molecular flexibility index (Phi) is 7.60. The second-order valence-corrected chi connectivity index (χ2v) is 11.2. The van der Waals surface area contributed by atoms with Crippen LogP contribution in [0, 0.1) is 0 Å². The summed E-state index contributed by atoms with van der Waals surface area (Å²) in [6, 6.07) is 31.4. The number of hydrogen-bond acceptors (Lipinski definition) is 6. The fourth-order valence-corrected chi connectivity index (χ4v) is 6.20. The molecule has 2 heterocycles. The minimum absolute atomic E-state index is 0.0385. The monoisotopic (exact) mass is 604 g/mol. The number of nitrogens with one attached hydrogen (secondary N) is 1. The second-order valence-electron chi connectivity index (χ2n) is 10.8. The van der Waals surface area contributed by atoms with Gasteiger partial charge in [-0.05, 0) is 46.5 Å². The number of rotatable bonds is 6. The van der Waals surface area contributed by atoms with Crippen LogP contribution in [0.3, 0.4) is 0 Å². The summed E-state index contributed by atoms with van der Waals surface area (Å²) in [7, 11) is 0. The van der Waals surface area contributed by atoms with E-state index < -0.39 is 11.8 Å². The Morgan fingerprint density at radius 2 is 1.55 bits per heavy atom. The number of carbonyl (C=O) groups is 2. The van der Waals surface area contributed by atoms with Crippen LogP contribution in [0.5, 0.6) is 5.75 Å². The first-order chi connectivity index (χ1) is 21.5. The summed E-state index contributed by atoms with van der Waals surface area (Å²) < 4.78 is 11.7. The number of anilines is 1. The fourth-order valence-electron chi connectivity index (χ4n) is 6.01. The maximum absolute atomic E-state index is 13.2. The summed E-state index contributed by atoms with van der Waals surface area (Å²) in [4.78, 5) is 34.6. The molecule has 1 N–H and O–H groups in total. The molecular formula is C35H29ClN4O4. The van der Waals surface area contributed by atoms with Gasteiger partial charge in [-0.3, -0.25) is 14.5 Å². The summed E-state index contributed by atoms with van der Waals surface area (Å²) in [6.07, 6.45) is 1.61. The van der Waals surface area contributed by atoms with Crippen molar-refractivity contribution in [2.45, 2.75) is 12.6 Å². The van der Waals surface area contributed by atoms with E-state index in [1.54, 1.807) is 47.5 Å². The predicted molar refractivity (Wildman–Crippen MR) is 168 cm³/mol. The second kappa shape index (κ2) is 12.0. The van der Waals surface area contributed by atoms with E-state index in [0.717, 1.165) is 5.56 Å². The molecule has 5 aromatic rings. The standard InChI is InChI=1S/C35H29ClN4O4/c36-24-9-7-8-23(20-24)31-21-37-32(44-31)22-43-30-15-6-5-14-29(30)38-34(41)35(42)40-18-16-39(17-19-40)33-27-12-3-1-10-25(27)26-11-2-4-13-28(26)33/h1-15,20-21,33H,16-19,22H2,(H,38,41). The Morgan fingerprint density at radius 1 is 0.864 bits per heavy atom. The predicted octanol–water partition coefficient (Wildman–Crippen LogP) is 6.43. The van der Waals surface area contributed by atoms with Crippen molar-refractivity contribution >= 4 is 29.1 Å². The third kappa shape index (κ3) is 5.45.